The molecule has 0 unspecified atom stereocenters. The highest BCUT2D eigenvalue weighted by Gasteiger charge is 2.40. The highest BCUT2D eigenvalue weighted by Crippen LogP contribution is 2.20. The van der Waals surface area contributed by atoms with Crippen LogP contribution in [0.5, 0.6) is 0 Å². The Morgan fingerprint density at radius 2 is 2.17 bits per heavy atom. The highest BCUT2D eigenvalue weighted by molar-refractivity contribution is 5.83. The number of alkyl halides is 1. The maximum absolute atomic E-state index is 12.9. The Morgan fingerprint density at radius 3 is 2.50 bits per heavy atom. The van der Waals surface area contributed by atoms with Crippen molar-refractivity contribution in [2.45, 2.75) is 25.6 Å². The molecule has 0 spiro atoms. The Balaban J connectivity index is 2.77. The fraction of sp³-hybridized carbons (Fsp3) is 0.714. The van der Waals surface area contributed by atoms with Crippen molar-refractivity contribution in [2.75, 3.05) is 6.54 Å². The highest BCUT2D eigenvalue weighted by atomic mass is 19.1. The number of hydrogen-bond donors (Lipinski definition) is 1. The molecule has 0 saturated carbocycles. The standard InChI is InChI=1S/C7H10FNO3/c1-4(10)9-3-2-5(8)6(9)7(11)12/h5-6H,2-3H2,1H3,(H,11,12)/t5-,6-/m1/s1. The van der Waals surface area contributed by atoms with Gasteiger partial charge in [0.05, 0.1) is 0 Å². The molecule has 1 saturated heterocycles. The van der Waals surface area contributed by atoms with Gasteiger partial charge in [-0.05, 0) is 6.42 Å². The van der Waals surface area contributed by atoms with Gasteiger partial charge >= 0.3 is 5.97 Å². The third kappa shape index (κ3) is 1.39. The largest absolute Gasteiger partial charge is 0.480 e. The van der Waals surface area contributed by atoms with Gasteiger partial charge in [0.15, 0.2) is 6.04 Å². The lowest BCUT2D eigenvalue weighted by atomic mass is 10.2. The van der Waals surface area contributed by atoms with E-state index in [2.05, 4.69) is 0 Å². The molecule has 4 nitrogen and oxygen atoms in total. The lowest BCUT2D eigenvalue weighted by Crippen LogP contribution is -2.42. The average Bonchev–Trinajstić information content (AvgIpc) is 2.30. The third-order valence-corrected chi connectivity index (χ3v) is 1.98. The summed E-state index contributed by atoms with van der Waals surface area (Å²) in [7, 11) is 0. The first-order valence-electron chi connectivity index (χ1n) is 3.68. The fourth-order valence-electron chi connectivity index (χ4n) is 1.40. The van der Waals surface area contributed by atoms with E-state index in [-0.39, 0.29) is 18.9 Å². The molecule has 0 aromatic carbocycles. The summed E-state index contributed by atoms with van der Waals surface area (Å²) in [6.07, 6.45) is -1.30. The fourth-order valence-corrected chi connectivity index (χ4v) is 1.40. The first-order chi connectivity index (χ1) is 5.54. The number of amides is 1. The predicted octanol–water partition coefficient (Wildman–Crippen LogP) is 0.0299. The van der Waals surface area contributed by atoms with Crippen LogP contribution in [0.25, 0.3) is 0 Å². The van der Waals surface area contributed by atoms with Crippen molar-refractivity contribution in [1.82, 2.24) is 4.90 Å². The quantitative estimate of drug-likeness (QED) is 0.611. The van der Waals surface area contributed by atoms with Gasteiger partial charge in [-0.2, -0.15) is 0 Å². The molecule has 1 fully saturated rings. The normalized spacial score (nSPS) is 29.0. The van der Waals surface area contributed by atoms with Crippen LogP contribution in [0, 0.1) is 0 Å². The van der Waals surface area contributed by atoms with E-state index < -0.39 is 18.2 Å². The summed E-state index contributed by atoms with van der Waals surface area (Å²) in [4.78, 5) is 22.3. The second kappa shape index (κ2) is 3.08. The number of aliphatic carboxylic acids is 1. The van der Waals surface area contributed by atoms with Crippen molar-refractivity contribution >= 4 is 11.9 Å². The Morgan fingerprint density at radius 1 is 1.58 bits per heavy atom. The Bertz CT molecular complexity index is 219. The van der Waals surface area contributed by atoms with E-state index >= 15 is 0 Å². The van der Waals surface area contributed by atoms with Gasteiger partial charge in [0, 0.05) is 13.5 Å². The van der Waals surface area contributed by atoms with Crippen LogP contribution >= 0.6 is 0 Å². The number of carboxylic acid groups (broad SMARTS) is 1. The topological polar surface area (TPSA) is 57.6 Å². The Labute approximate surface area is 69.0 Å². The van der Waals surface area contributed by atoms with Crippen LogP contribution in [0.3, 0.4) is 0 Å². The number of carboxylic acids is 1. The van der Waals surface area contributed by atoms with Crippen LogP contribution in [-0.4, -0.2) is 40.6 Å². The van der Waals surface area contributed by atoms with E-state index in [4.69, 9.17) is 5.11 Å². The number of carbonyl (C=O) groups excluding carboxylic acids is 1. The molecular formula is C7H10FNO3. The lowest BCUT2D eigenvalue weighted by molar-refractivity contribution is -0.149. The molecule has 2 atom stereocenters. The zero-order valence-corrected chi connectivity index (χ0v) is 6.66. The van der Waals surface area contributed by atoms with E-state index in [1.165, 1.54) is 6.92 Å². The van der Waals surface area contributed by atoms with Gasteiger partial charge in [0.2, 0.25) is 5.91 Å². The van der Waals surface area contributed by atoms with Crippen LogP contribution in [0.15, 0.2) is 0 Å². The first-order valence-corrected chi connectivity index (χ1v) is 3.68. The summed E-state index contributed by atoms with van der Waals surface area (Å²) in [5.74, 6) is -1.65. The molecule has 0 bridgehead atoms. The van der Waals surface area contributed by atoms with Gasteiger partial charge in [-0.3, -0.25) is 4.79 Å². The number of nitrogens with zero attached hydrogens (tertiary/aromatic N) is 1. The maximum atomic E-state index is 12.9. The molecule has 0 aromatic rings. The lowest BCUT2D eigenvalue weighted by Gasteiger charge is -2.19. The van der Waals surface area contributed by atoms with Crippen LogP contribution in [0.4, 0.5) is 4.39 Å². The number of rotatable bonds is 1. The van der Waals surface area contributed by atoms with Crippen LogP contribution < -0.4 is 0 Å². The minimum atomic E-state index is -1.42. The zero-order chi connectivity index (χ0) is 9.30. The summed E-state index contributed by atoms with van der Waals surface area (Å²) >= 11 is 0. The molecule has 1 rings (SSSR count). The molecule has 1 amide bonds. The number of halogens is 1. The van der Waals surface area contributed by atoms with Crippen LogP contribution in [0.1, 0.15) is 13.3 Å². The molecular weight excluding hydrogens is 165 g/mol. The number of hydrogen-bond acceptors (Lipinski definition) is 2. The van der Waals surface area contributed by atoms with Gasteiger partial charge in [-0.25, -0.2) is 9.18 Å². The van der Waals surface area contributed by atoms with Gasteiger partial charge in [0.1, 0.15) is 6.17 Å². The molecule has 0 aromatic heterocycles. The summed E-state index contributed by atoms with van der Waals surface area (Å²) in [5, 5.41) is 8.57. The first kappa shape index (κ1) is 8.96. The molecule has 1 heterocycles. The van der Waals surface area contributed by atoms with Crippen molar-refractivity contribution in [3.8, 4) is 0 Å². The van der Waals surface area contributed by atoms with Gasteiger partial charge in [0.25, 0.3) is 0 Å². The molecule has 1 aliphatic rings. The SMILES string of the molecule is CC(=O)N1CC[C@@H](F)[C@@H]1C(=O)O. The molecule has 12 heavy (non-hydrogen) atoms. The summed E-state index contributed by atoms with van der Waals surface area (Å²) < 4.78 is 12.9. The van der Waals surface area contributed by atoms with Crippen molar-refractivity contribution < 1.29 is 19.1 Å². The number of carbonyl (C=O) groups is 2. The van der Waals surface area contributed by atoms with Gasteiger partial charge in [-0.1, -0.05) is 0 Å². The van der Waals surface area contributed by atoms with E-state index in [0.29, 0.717) is 0 Å². The van der Waals surface area contributed by atoms with Crippen molar-refractivity contribution in [3.63, 3.8) is 0 Å². The van der Waals surface area contributed by atoms with E-state index in [9.17, 15) is 14.0 Å². The number of likely N-dealkylation sites (tertiary alicyclic amines) is 1. The van der Waals surface area contributed by atoms with E-state index in [1.54, 1.807) is 0 Å². The monoisotopic (exact) mass is 175 g/mol. The maximum Gasteiger partial charge on any atom is 0.329 e. The Kier molecular flexibility index (Phi) is 2.30. The summed E-state index contributed by atoms with van der Waals surface area (Å²) in [6, 6.07) is -1.28. The van der Waals surface area contributed by atoms with Gasteiger partial charge in [-0.15, -0.1) is 0 Å². The van der Waals surface area contributed by atoms with Gasteiger partial charge < -0.3 is 10.0 Å². The van der Waals surface area contributed by atoms with Crippen molar-refractivity contribution in [1.29, 1.82) is 0 Å². The molecule has 68 valence electrons. The minimum absolute atomic E-state index is 0.122. The molecule has 1 N–H and O–H groups in total. The van der Waals surface area contributed by atoms with Crippen molar-refractivity contribution in [3.05, 3.63) is 0 Å². The van der Waals surface area contributed by atoms with Crippen LogP contribution in [0.2, 0.25) is 0 Å². The molecule has 0 radical (unpaired) electrons. The van der Waals surface area contributed by atoms with E-state index in [0.717, 1.165) is 4.90 Å². The zero-order valence-electron chi connectivity index (χ0n) is 6.66. The smallest absolute Gasteiger partial charge is 0.329 e. The molecule has 0 aliphatic carbocycles. The predicted molar refractivity (Wildman–Crippen MR) is 38.3 cm³/mol. The summed E-state index contributed by atoms with van der Waals surface area (Å²) in [5.41, 5.74) is 0. The second-order valence-electron chi connectivity index (χ2n) is 2.80. The second-order valence-corrected chi connectivity index (χ2v) is 2.80. The molecule has 1 aliphatic heterocycles. The van der Waals surface area contributed by atoms with Crippen LogP contribution in [-0.2, 0) is 9.59 Å². The van der Waals surface area contributed by atoms with E-state index in [1.807, 2.05) is 0 Å². The summed E-state index contributed by atoms with van der Waals surface area (Å²) in [6.45, 7) is 1.45. The van der Waals surface area contributed by atoms with Crippen molar-refractivity contribution in [2.24, 2.45) is 0 Å². The third-order valence-electron chi connectivity index (χ3n) is 1.98. The minimum Gasteiger partial charge on any atom is -0.480 e. The Hall–Kier alpha value is -1.13. The average molecular weight is 175 g/mol. The molecule has 5 heteroatoms.